The summed E-state index contributed by atoms with van der Waals surface area (Å²) in [5, 5.41) is 3.11. The molecule has 6 atom stereocenters. The number of nitrogens with zero attached hydrogens (tertiary/aromatic N) is 1. The van der Waals surface area contributed by atoms with Gasteiger partial charge in [-0.1, -0.05) is 31.9 Å². The standard InChI is InChI=1S/C24H39N3O6S/c1-16-20-19(28)14-24(22(30)26-34(5,31)32)13-17(24)11-9-7-6-8-10-12-18(25-3)21(29)27(20)15-23(16,2)33-4/h9,11,16-18,20,25H,6-8,10,12-15H2,1-5H3,(H,26,30)/b11-9-/t16-,17+,18-,20-,23-,24+/m0/s1. The van der Waals surface area contributed by atoms with Crippen molar-refractivity contribution in [3.63, 3.8) is 0 Å². The van der Waals surface area contributed by atoms with Gasteiger partial charge in [-0.2, -0.15) is 0 Å². The van der Waals surface area contributed by atoms with Crippen LogP contribution in [0.5, 0.6) is 0 Å². The Balaban J connectivity index is 1.98. The summed E-state index contributed by atoms with van der Waals surface area (Å²) >= 11 is 0. The van der Waals surface area contributed by atoms with Gasteiger partial charge >= 0.3 is 0 Å². The highest BCUT2D eigenvalue weighted by Crippen LogP contribution is 2.57. The smallest absolute Gasteiger partial charge is 0.240 e. The van der Waals surface area contributed by atoms with Gasteiger partial charge in [-0.05, 0) is 45.6 Å². The van der Waals surface area contributed by atoms with Crippen LogP contribution < -0.4 is 10.0 Å². The Labute approximate surface area is 203 Å². The molecule has 2 heterocycles. The van der Waals surface area contributed by atoms with Gasteiger partial charge in [0, 0.05) is 19.4 Å². The van der Waals surface area contributed by atoms with Crippen LogP contribution in [0.1, 0.15) is 58.8 Å². The molecule has 9 nitrogen and oxygen atoms in total. The Bertz CT molecular complexity index is 950. The van der Waals surface area contributed by atoms with Crippen LogP contribution in [0.3, 0.4) is 0 Å². The van der Waals surface area contributed by atoms with Gasteiger partial charge in [0.25, 0.3) is 0 Å². The summed E-state index contributed by atoms with van der Waals surface area (Å²) in [6, 6.07) is -1.15. The topological polar surface area (TPSA) is 122 Å². The van der Waals surface area contributed by atoms with Gasteiger partial charge in [-0.3, -0.25) is 19.1 Å². The van der Waals surface area contributed by atoms with Gasteiger partial charge in [0.15, 0.2) is 5.78 Å². The number of rotatable bonds is 4. The molecule has 0 aromatic rings. The Hall–Kier alpha value is -1.78. The number of nitrogens with one attached hydrogen (secondary N) is 2. The SMILES string of the molecule is CN[C@H]1CCCCC/C=C\[C@@H]2C[C@@]2(C(=O)NS(C)(=O)=O)CC(=O)[C@@H]2[C@H](C)[C@@](C)(OC)CN2C1=O. The van der Waals surface area contributed by atoms with Gasteiger partial charge in [0.1, 0.15) is 0 Å². The van der Waals surface area contributed by atoms with Crippen LogP contribution in [-0.2, 0) is 29.1 Å². The van der Waals surface area contributed by atoms with Crippen LogP contribution in [0.15, 0.2) is 12.2 Å². The van der Waals surface area contributed by atoms with Crippen LogP contribution in [-0.4, -0.2) is 75.6 Å². The van der Waals surface area contributed by atoms with Crippen molar-refractivity contribution in [3.8, 4) is 0 Å². The van der Waals surface area contributed by atoms with Gasteiger partial charge in [0.2, 0.25) is 21.8 Å². The molecule has 0 unspecified atom stereocenters. The summed E-state index contributed by atoms with van der Waals surface area (Å²) in [5.41, 5.74) is -1.81. The molecule has 1 aliphatic carbocycles. The van der Waals surface area contributed by atoms with Crippen LogP contribution in [0.4, 0.5) is 0 Å². The monoisotopic (exact) mass is 497 g/mol. The number of Topliss-reactive ketones (excluding diaryl/α,β-unsaturated/α-hetero) is 1. The summed E-state index contributed by atoms with van der Waals surface area (Å²) in [6.07, 6.45) is 9.53. The third kappa shape index (κ3) is 5.39. The fourth-order valence-electron chi connectivity index (χ4n) is 5.56. The second-order valence-corrected chi connectivity index (χ2v) is 12.2. The summed E-state index contributed by atoms with van der Waals surface area (Å²) in [7, 11) is -0.431. The van der Waals surface area contributed by atoms with Gasteiger partial charge < -0.3 is 15.0 Å². The zero-order chi connectivity index (χ0) is 25.3. The molecule has 1 saturated carbocycles. The Morgan fingerprint density at radius 2 is 1.94 bits per heavy atom. The lowest BCUT2D eigenvalue weighted by Gasteiger charge is -2.30. The number of amides is 2. The van der Waals surface area contributed by atoms with E-state index in [4.69, 9.17) is 4.74 Å². The highest BCUT2D eigenvalue weighted by Gasteiger charge is 2.62. The van der Waals surface area contributed by atoms with Gasteiger partial charge in [-0.15, -0.1) is 0 Å². The fraction of sp³-hybridized carbons (Fsp3) is 0.792. The number of ketones is 1. The number of sulfonamides is 1. The van der Waals surface area contributed by atoms with E-state index < -0.39 is 39.0 Å². The molecule has 2 amide bonds. The lowest BCUT2D eigenvalue weighted by atomic mass is 9.83. The summed E-state index contributed by atoms with van der Waals surface area (Å²) in [6.45, 7) is 4.08. The minimum absolute atomic E-state index is 0.119. The zero-order valence-corrected chi connectivity index (χ0v) is 21.7. The predicted octanol–water partition coefficient (Wildman–Crippen LogP) is 1.39. The molecule has 10 heteroatoms. The highest BCUT2D eigenvalue weighted by molar-refractivity contribution is 7.89. The summed E-state index contributed by atoms with van der Waals surface area (Å²) < 4.78 is 31.4. The van der Waals surface area contributed by atoms with Crippen molar-refractivity contribution >= 4 is 27.6 Å². The van der Waals surface area contributed by atoms with E-state index >= 15 is 0 Å². The van der Waals surface area contributed by atoms with Crippen LogP contribution >= 0.6 is 0 Å². The third-order valence-electron chi connectivity index (χ3n) is 8.07. The van der Waals surface area contributed by atoms with Gasteiger partial charge in [0.05, 0.1) is 35.9 Å². The van der Waals surface area contributed by atoms with Crippen molar-refractivity contribution in [2.24, 2.45) is 17.3 Å². The molecule has 34 heavy (non-hydrogen) atoms. The van der Waals surface area contributed by atoms with Crippen molar-refractivity contribution in [2.45, 2.75) is 76.5 Å². The first-order valence-corrected chi connectivity index (χ1v) is 14.0. The second-order valence-electron chi connectivity index (χ2n) is 10.4. The summed E-state index contributed by atoms with van der Waals surface area (Å²) in [5.74, 6) is -1.50. The van der Waals surface area contributed by atoms with E-state index in [-0.39, 0.29) is 36.5 Å². The van der Waals surface area contributed by atoms with Crippen molar-refractivity contribution in [3.05, 3.63) is 12.2 Å². The normalized spacial score (nSPS) is 38.3. The first-order valence-electron chi connectivity index (χ1n) is 12.1. The molecule has 2 N–H and O–H groups in total. The van der Waals surface area contributed by atoms with Crippen molar-refractivity contribution in [2.75, 3.05) is 27.0 Å². The molecule has 2 fully saturated rings. The van der Waals surface area contributed by atoms with E-state index in [2.05, 4.69) is 10.0 Å². The molecule has 0 aromatic carbocycles. The minimum atomic E-state index is -3.77. The van der Waals surface area contributed by atoms with Crippen LogP contribution in [0, 0.1) is 17.3 Å². The van der Waals surface area contributed by atoms with E-state index in [0.29, 0.717) is 12.8 Å². The molecule has 192 valence electrons. The number of carbonyl (C=O) groups is 3. The number of ether oxygens (including phenoxy) is 1. The Morgan fingerprint density at radius 3 is 2.56 bits per heavy atom. The van der Waals surface area contributed by atoms with E-state index in [1.807, 2.05) is 26.0 Å². The maximum atomic E-state index is 13.8. The minimum Gasteiger partial charge on any atom is -0.376 e. The predicted molar refractivity (Wildman–Crippen MR) is 128 cm³/mol. The molecule has 3 rings (SSSR count). The van der Waals surface area contributed by atoms with Crippen molar-refractivity contribution < 1.29 is 27.5 Å². The summed E-state index contributed by atoms with van der Waals surface area (Å²) in [4.78, 5) is 42.0. The molecule has 0 aromatic heterocycles. The quantitative estimate of drug-likeness (QED) is 0.563. The molecule has 2 aliphatic heterocycles. The van der Waals surface area contributed by atoms with E-state index in [9.17, 15) is 22.8 Å². The third-order valence-corrected chi connectivity index (χ3v) is 8.62. The molecular formula is C24H39N3O6S. The molecule has 0 bridgehead atoms. The fourth-order valence-corrected chi connectivity index (χ4v) is 6.10. The average molecular weight is 498 g/mol. The lowest BCUT2D eigenvalue weighted by molar-refractivity contribution is -0.141. The zero-order valence-electron chi connectivity index (χ0n) is 20.9. The number of allylic oxidation sites excluding steroid dienone is 2. The number of fused-ring (bicyclic) bond motifs is 2. The van der Waals surface area contributed by atoms with Gasteiger partial charge in [-0.25, -0.2) is 8.42 Å². The van der Waals surface area contributed by atoms with Crippen molar-refractivity contribution in [1.82, 2.24) is 14.9 Å². The van der Waals surface area contributed by atoms with E-state index in [1.54, 1.807) is 19.1 Å². The number of hydrogen-bond acceptors (Lipinski definition) is 7. The van der Waals surface area contributed by atoms with Crippen molar-refractivity contribution in [1.29, 1.82) is 0 Å². The number of likely N-dealkylation sites (N-methyl/N-ethyl adjacent to an activating group) is 1. The first-order chi connectivity index (χ1) is 15.9. The number of methoxy groups -OCH3 is 1. The highest BCUT2D eigenvalue weighted by atomic mass is 32.2. The van der Waals surface area contributed by atoms with E-state index in [1.165, 1.54) is 0 Å². The second kappa shape index (κ2) is 10.1. The molecule has 1 saturated heterocycles. The maximum Gasteiger partial charge on any atom is 0.240 e. The average Bonchev–Trinajstić information content (AvgIpc) is 3.38. The van der Waals surface area contributed by atoms with E-state index in [0.717, 1.165) is 31.9 Å². The largest absolute Gasteiger partial charge is 0.376 e. The lowest BCUT2D eigenvalue weighted by Crippen LogP contribution is -2.51. The number of carbonyl (C=O) groups excluding carboxylic acids is 3. The van der Waals surface area contributed by atoms with Crippen LogP contribution in [0.2, 0.25) is 0 Å². The van der Waals surface area contributed by atoms with Crippen LogP contribution in [0.25, 0.3) is 0 Å². The number of hydrogen-bond donors (Lipinski definition) is 2. The first kappa shape index (κ1) is 26.8. The molecule has 0 radical (unpaired) electrons. The maximum absolute atomic E-state index is 13.8. The molecule has 0 spiro atoms. The molecular weight excluding hydrogens is 458 g/mol. The Kier molecular flexibility index (Phi) is 7.94. The Morgan fingerprint density at radius 1 is 1.24 bits per heavy atom. The molecule has 3 aliphatic rings.